The van der Waals surface area contributed by atoms with Crippen LogP contribution in [-0.2, 0) is 20.0 Å². The zero-order chi connectivity index (χ0) is 14.1. The number of benzene rings is 1. The highest BCUT2D eigenvalue weighted by Gasteiger charge is 2.14. The van der Waals surface area contributed by atoms with Gasteiger partial charge in [0.1, 0.15) is 11.3 Å². The summed E-state index contributed by atoms with van der Waals surface area (Å²) in [6.45, 7) is 0.600. The molecule has 3 aromatic rings. The minimum atomic E-state index is -0.304. The summed E-state index contributed by atoms with van der Waals surface area (Å²) in [5.41, 5.74) is 2.21. The molecule has 104 valence electrons. The second kappa shape index (κ2) is 5.25. The van der Waals surface area contributed by atoms with Gasteiger partial charge in [-0.3, -0.25) is 4.68 Å². The largest absolute Gasteiger partial charge is 0.322 e. The summed E-state index contributed by atoms with van der Waals surface area (Å²) in [6.07, 6.45) is 2.35. The summed E-state index contributed by atoms with van der Waals surface area (Å²) in [7, 11) is 1.89. The van der Waals surface area contributed by atoms with Crippen molar-refractivity contribution in [3.05, 3.63) is 47.8 Å². The number of rotatable bonds is 4. The van der Waals surface area contributed by atoms with Gasteiger partial charge >= 0.3 is 0 Å². The summed E-state index contributed by atoms with van der Waals surface area (Å²) < 4.78 is 17.7. The number of para-hydroxylation sites is 1. The molecule has 4 nitrogen and oxygen atoms in total. The van der Waals surface area contributed by atoms with E-state index in [1.807, 2.05) is 23.7 Å². The van der Waals surface area contributed by atoms with Gasteiger partial charge in [-0.25, -0.2) is 9.37 Å². The minimum Gasteiger partial charge on any atom is -0.322 e. The zero-order valence-corrected chi connectivity index (χ0v) is 11.8. The SMILES string of the molecule is Cn1nccc1Cn1c(CCCl)nc2c(F)cccc21. The Morgan fingerprint density at radius 1 is 1.30 bits per heavy atom. The van der Waals surface area contributed by atoms with Gasteiger partial charge < -0.3 is 4.57 Å². The van der Waals surface area contributed by atoms with Crippen LogP contribution in [-0.4, -0.2) is 25.2 Å². The van der Waals surface area contributed by atoms with E-state index >= 15 is 0 Å². The lowest BCUT2D eigenvalue weighted by Crippen LogP contribution is -2.09. The Morgan fingerprint density at radius 3 is 2.85 bits per heavy atom. The molecule has 20 heavy (non-hydrogen) atoms. The Labute approximate surface area is 120 Å². The maximum absolute atomic E-state index is 13.9. The first-order valence-electron chi connectivity index (χ1n) is 6.37. The van der Waals surface area contributed by atoms with E-state index < -0.39 is 0 Å². The van der Waals surface area contributed by atoms with Gasteiger partial charge in [-0.05, 0) is 18.2 Å². The molecule has 0 radical (unpaired) electrons. The van der Waals surface area contributed by atoms with Gasteiger partial charge in [0.15, 0.2) is 5.82 Å². The first-order valence-corrected chi connectivity index (χ1v) is 6.90. The molecule has 2 aromatic heterocycles. The smallest absolute Gasteiger partial charge is 0.151 e. The molecule has 3 rings (SSSR count). The number of hydrogen-bond acceptors (Lipinski definition) is 2. The van der Waals surface area contributed by atoms with E-state index in [1.54, 1.807) is 16.9 Å². The molecule has 0 aliphatic carbocycles. The molecule has 2 heterocycles. The fourth-order valence-corrected chi connectivity index (χ4v) is 2.50. The monoisotopic (exact) mass is 292 g/mol. The molecule has 6 heteroatoms. The minimum absolute atomic E-state index is 0.304. The molecule has 0 bridgehead atoms. The fraction of sp³-hybridized carbons (Fsp3) is 0.286. The van der Waals surface area contributed by atoms with E-state index in [0.717, 1.165) is 17.0 Å². The molecule has 0 fully saturated rings. The normalized spacial score (nSPS) is 11.3. The van der Waals surface area contributed by atoms with Gasteiger partial charge in [0.25, 0.3) is 0 Å². The van der Waals surface area contributed by atoms with Crippen LogP contribution in [0.25, 0.3) is 11.0 Å². The van der Waals surface area contributed by atoms with Crippen molar-refractivity contribution in [2.75, 3.05) is 5.88 Å². The maximum Gasteiger partial charge on any atom is 0.151 e. The average molecular weight is 293 g/mol. The van der Waals surface area contributed by atoms with E-state index in [4.69, 9.17) is 11.6 Å². The molecule has 0 aliphatic heterocycles. The van der Waals surface area contributed by atoms with Crippen molar-refractivity contribution in [3.8, 4) is 0 Å². The Bertz CT molecular complexity index is 747. The van der Waals surface area contributed by atoms with Gasteiger partial charge in [-0.2, -0.15) is 5.10 Å². The second-order valence-corrected chi connectivity index (χ2v) is 4.98. The standard InChI is InChI=1S/C14H14ClFN4/c1-19-10(6-8-17-19)9-20-12-4-2-3-11(16)14(12)18-13(20)5-7-15/h2-4,6,8H,5,7,9H2,1H3. The van der Waals surface area contributed by atoms with Crippen LogP contribution < -0.4 is 0 Å². The van der Waals surface area contributed by atoms with Gasteiger partial charge in [-0.15, -0.1) is 11.6 Å². The van der Waals surface area contributed by atoms with Crippen molar-refractivity contribution in [2.45, 2.75) is 13.0 Å². The molecule has 0 spiro atoms. The first-order chi connectivity index (χ1) is 9.70. The number of hydrogen-bond donors (Lipinski definition) is 0. The number of alkyl halides is 1. The molecule has 0 saturated heterocycles. The number of nitrogens with zero attached hydrogens (tertiary/aromatic N) is 4. The van der Waals surface area contributed by atoms with E-state index in [1.165, 1.54) is 6.07 Å². The van der Waals surface area contributed by atoms with Crippen molar-refractivity contribution in [1.82, 2.24) is 19.3 Å². The summed E-state index contributed by atoms with van der Waals surface area (Å²) in [6, 6.07) is 6.94. The average Bonchev–Trinajstić information content (AvgIpc) is 2.98. The number of imidazole rings is 1. The molecule has 0 atom stereocenters. The van der Waals surface area contributed by atoms with Crippen LogP contribution in [0.15, 0.2) is 30.5 Å². The predicted molar refractivity (Wildman–Crippen MR) is 76.4 cm³/mol. The number of fused-ring (bicyclic) bond motifs is 1. The van der Waals surface area contributed by atoms with E-state index in [-0.39, 0.29) is 5.82 Å². The van der Waals surface area contributed by atoms with Crippen LogP contribution in [0.1, 0.15) is 11.5 Å². The lowest BCUT2D eigenvalue weighted by Gasteiger charge is -2.08. The van der Waals surface area contributed by atoms with E-state index in [0.29, 0.717) is 24.4 Å². The van der Waals surface area contributed by atoms with Crippen molar-refractivity contribution in [3.63, 3.8) is 0 Å². The van der Waals surface area contributed by atoms with E-state index in [9.17, 15) is 4.39 Å². The van der Waals surface area contributed by atoms with Crippen molar-refractivity contribution in [2.24, 2.45) is 7.05 Å². The molecule has 0 N–H and O–H groups in total. The third kappa shape index (κ3) is 2.18. The van der Waals surface area contributed by atoms with E-state index in [2.05, 4.69) is 10.1 Å². The van der Waals surface area contributed by atoms with Gasteiger partial charge in [0, 0.05) is 25.5 Å². The Balaban J connectivity index is 2.14. The van der Waals surface area contributed by atoms with Crippen molar-refractivity contribution in [1.29, 1.82) is 0 Å². The first kappa shape index (κ1) is 13.1. The van der Waals surface area contributed by atoms with Crippen LogP contribution in [0, 0.1) is 5.82 Å². The second-order valence-electron chi connectivity index (χ2n) is 4.61. The van der Waals surface area contributed by atoms with Gasteiger partial charge in [0.2, 0.25) is 0 Å². The highest BCUT2D eigenvalue weighted by molar-refractivity contribution is 6.17. The Hall–Kier alpha value is -1.88. The predicted octanol–water partition coefficient (Wildman–Crippen LogP) is 2.74. The molecular formula is C14H14ClFN4. The molecule has 1 aromatic carbocycles. The molecule has 0 aliphatic rings. The third-order valence-corrected chi connectivity index (χ3v) is 3.56. The van der Waals surface area contributed by atoms with Crippen LogP contribution >= 0.6 is 11.6 Å². The van der Waals surface area contributed by atoms with Gasteiger partial charge in [0.05, 0.1) is 17.8 Å². The summed E-state index contributed by atoms with van der Waals surface area (Å²) in [5.74, 6) is 0.944. The quantitative estimate of drug-likeness (QED) is 0.693. The van der Waals surface area contributed by atoms with Crippen LogP contribution in [0.5, 0.6) is 0 Å². The van der Waals surface area contributed by atoms with Crippen LogP contribution in [0.2, 0.25) is 0 Å². The summed E-state index contributed by atoms with van der Waals surface area (Å²) in [4.78, 5) is 4.39. The Morgan fingerprint density at radius 2 is 2.15 bits per heavy atom. The summed E-state index contributed by atoms with van der Waals surface area (Å²) in [5, 5.41) is 4.15. The fourth-order valence-electron chi connectivity index (χ4n) is 2.33. The highest BCUT2D eigenvalue weighted by Crippen LogP contribution is 2.21. The van der Waals surface area contributed by atoms with Gasteiger partial charge in [-0.1, -0.05) is 6.07 Å². The number of aryl methyl sites for hydroxylation is 2. The van der Waals surface area contributed by atoms with Crippen molar-refractivity contribution >= 4 is 22.6 Å². The summed E-state index contributed by atoms with van der Waals surface area (Å²) >= 11 is 5.82. The van der Waals surface area contributed by atoms with Crippen molar-refractivity contribution < 1.29 is 4.39 Å². The third-order valence-electron chi connectivity index (χ3n) is 3.37. The zero-order valence-electron chi connectivity index (χ0n) is 11.1. The molecular weight excluding hydrogens is 279 g/mol. The van der Waals surface area contributed by atoms with Crippen LogP contribution in [0.4, 0.5) is 4.39 Å². The maximum atomic E-state index is 13.9. The Kier molecular flexibility index (Phi) is 3.44. The molecule has 0 amide bonds. The number of halogens is 2. The lowest BCUT2D eigenvalue weighted by molar-refractivity contribution is 0.637. The molecule has 0 saturated carbocycles. The number of aromatic nitrogens is 4. The topological polar surface area (TPSA) is 35.6 Å². The lowest BCUT2D eigenvalue weighted by atomic mass is 10.3. The highest BCUT2D eigenvalue weighted by atomic mass is 35.5. The van der Waals surface area contributed by atoms with Crippen LogP contribution in [0.3, 0.4) is 0 Å². The molecule has 0 unspecified atom stereocenters.